The van der Waals surface area contributed by atoms with E-state index in [0.717, 1.165) is 21.8 Å². The summed E-state index contributed by atoms with van der Waals surface area (Å²) in [5.74, 6) is -0.935. The van der Waals surface area contributed by atoms with Gasteiger partial charge in [-0.15, -0.1) is 0 Å². The Morgan fingerprint density at radius 2 is 1.47 bits per heavy atom. The van der Waals surface area contributed by atoms with Crippen molar-refractivity contribution in [3.63, 3.8) is 0 Å². The molecule has 1 unspecified atom stereocenters. The van der Waals surface area contributed by atoms with Crippen LogP contribution in [-0.2, 0) is 16.1 Å². The number of ether oxygens (including phenoxy) is 2. The SMILES string of the molecule is O=C(OC[C@@H](CC(O)CO)[C@@H](COCc1ccc(Br)cc1)SC(=O)c1ccccc1)c1ccccc1. The van der Waals surface area contributed by atoms with E-state index in [9.17, 15) is 19.8 Å². The number of hydrogen-bond acceptors (Lipinski definition) is 7. The summed E-state index contributed by atoms with van der Waals surface area (Å²) < 4.78 is 12.5. The number of rotatable bonds is 13. The molecule has 0 radical (unpaired) electrons. The van der Waals surface area contributed by atoms with E-state index >= 15 is 0 Å². The maximum Gasteiger partial charge on any atom is 0.338 e. The number of benzene rings is 3. The number of halogens is 1. The Morgan fingerprint density at radius 1 is 0.861 bits per heavy atom. The van der Waals surface area contributed by atoms with Gasteiger partial charge < -0.3 is 19.7 Å². The van der Waals surface area contributed by atoms with Gasteiger partial charge in [0, 0.05) is 21.2 Å². The lowest BCUT2D eigenvalue weighted by Gasteiger charge is -2.27. The molecule has 0 amide bonds. The summed E-state index contributed by atoms with van der Waals surface area (Å²) in [5, 5.41) is 19.1. The van der Waals surface area contributed by atoms with Crippen LogP contribution in [0.25, 0.3) is 0 Å². The summed E-state index contributed by atoms with van der Waals surface area (Å²) in [4.78, 5) is 25.6. The quantitative estimate of drug-likeness (QED) is 0.274. The summed E-state index contributed by atoms with van der Waals surface area (Å²) in [6.07, 6.45) is -0.883. The van der Waals surface area contributed by atoms with E-state index in [2.05, 4.69) is 15.9 Å². The molecule has 2 N–H and O–H groups in total. The molecular formula is C28H29BrO6S. The van der Waals surface area contributed by atoms with Crippen LogP contribution in [0.15, 0.2) is 89.4 Å². The Kier molecular flexibility index (Phi) is 11.6. The lowest BCUT2D eigenvalue weighted by atomic mass is 9.98. The minimum absolute atomic E-state index is 0.0355. The molecule has 0 aliphatic heterocycles. The van der Waals surface area contributed by atoms with E-state index in [1.54, 1.807) is 48.5 Å². The predicted molar refractivity (Wildman–Crippen MR) is 144 cm³/mol. The van der Waals surface area contributed by atoms with Crippen LogP contribution in [0.5, 0.6) is 0 Å². The number of aliphatic hydroxyl groups excluding tert-OH is 2. The minimum Gasteiger partial charge on any atom is -0.462 e. The van der Waals surface area contributed by atoms with Crippen LogP contribution in [0.4, 0.5) is 0 Å². The van der Waals surface area contributed by atoms with Gasteiger partial charge in [-0.1, -0.05) is 88.4 Å². The lowest BCUT2D eigenvalue weighted by Crippen LogP contribution is -2.33. The fourth-order valence-corrected chi connectivity index (χ4v) is 4.87. The van der Waals surface area contributed by atoms with E-state index in [1.807, 2.05) is 36.4 Å². The molecule has 8 heteroatoms. The van der Waals surface area contributed by atoms with Gasteiger partial charge in [0.15, 0.2) is 0 Å². The van der Waals surface area contributed by atoms with Crippen molar-refractivity contribution in [2.24, 2.45) is 5.92 Å². The molecule has 190 valence electrons. The van der Waals surface area contributed by atoms with Crippen molar-refractivity contribution in [1.29, 1.82) is 0 Å². The fourth-order valence-electron chi connectivity index (χ4n) is 3.51. The number of aliphatic hydroxyl groups is 2. The maximum absolute atomic E-state index is 13.0. The highest BCUT2D eigenvalue weighted by Crippen LogP contribution is 2.29. The minimum atomic E-state index is -1.02. The van der Waals surface area contributed by atoms with Gasteiger partial charge in [-0.2, -0.15) is 0 Å². The summed E-state index contributed by atoms with van der Waals surface area (Å²) in [6.45, 7) is 0.0486. The smallest absolute Gasteiger partial charge is 0.338 e. The van der Waals surface area contributed by atoms with Crippen molar-refractivity contribution in [2.75, 3.05) is 19.8 Å². The van der Waals surface area contributed by atoms with Crippen molar-refractivity contribution in [3.05, 3.63) is 106 Å². The normalized spacial score (nSPS) is 13.5. The molecule has 3 rings (SSSR count). The second kappa shape index (κ2) is 14.9. The highest BCUT2D eigenvalue weighted by atomic mass is 79.9. The van der Waals surface area contributed by atoms with Gasteiger partial charge in [0.2, 0.25) is 5.12 Å². The number of carbonyl (C=O) groups is 2. The molecule has 0 fully saturated rings. The maximum atomic E-state index is 13.0. The topological polar surface area (TPSA) is 93.1 Å². The van der Waals surface area contributed by atoms with Crippen LogP contribution in [-0.4, -0.2) is 52.5 Å². The van der Waals surface area contributed by atoms with Crippen LogP contribution < -0.4 is 0 Å². The molecule has 0 saturated heterocycles. The molecule has 36 heavy (non-hydrogen) atoms. The standard InChI is InChI=1S/C28H29BrO6S/c29-24-13-11-20(12-14-24)17-34-19-26(36-28(33)22-9-5-2-6-10-22)23(15-25(31)16-30)18-35-27(32)21-7-3-1-4-8-21/h1-14,23,25-26,30-31H,15-19H2/t23-,25?,26-/m1/s1. The van der Waals surface area contributed by atoms with Crippen molar-refractivity contribution in [3.8, 4) is 0 Å². The van der Waals surface area contributed by atoms with E-state index in [4.69, 9.17) is 9.47 Å². The first-order valence-electron chi connectivity index (χ1n) is 11.6. The molecule has 0 aliphatic rings. The summed E-state index contributed by atoms with van der Waals surface area (Å²) >= 11 is 4.50. The van der Waals surface area contributed by atoms with Gasteiger partial charge in [-0.25, -0.2) is 4.79 Å². The van der Waals surface area contributed by atoms with Gasteiger partial charge in [0.05, 0.1) is 38.1 Å². The van der Waals surface area contributed by atoms with Crippen molar-refractivity contribution >= 4 is 38.8 Å². The summed E-state index contributed by atoms with van der Waals surface area (Å²) in [7, 11) is 0. The van der Waals surface area contributed by atoms with Gasteiger partial charge in [0.25, 0.3) is 0 Å². The fraction of sp³-hybridized carbons (Fsp3) is 0.286. The highest BCUT2D eigenvalue weighted by Gasteiger charge is 2.29. The summed E-state index contributed by atoms with van der Waals surface area (Å²) in [5.41, 5.74) is 1.93. The second-order valence-electron chi connectivity index (χ2n) is 8.25. The Bertz CT molecular complexity index is 1080. The zero-order valence-electron chi connectivity index (χ0n) is 19.7. The van der Waals surface area contributed by atoms with Crippen molar-refractivity contribution in [1.82, 2.24) is 0 Å². The molecule has 0 aromatic heterocycles. The van der Waals surface area contributed by atoms with Crippen LogP contribution >= 0.6 is 27.7 Å². The molecule has 0 saturated carbocycles. The van der Waals surface area contributed by atoms with Gasteiger partial charge in [-0.05, 0) is 36.2 Å². The third-order valence-electron chi connectivity index (χ3n) is 5.48. The van der Waals surface area contributed by atoms with Gasteiger partial charge in [0.1, 0.15) is 0 Å². The third kappa shape index (κ3) is 9.19. The zero-order valence-corrected chi connectivity index (χ0v) is 22.1. The van der Waals surface area contributed by atoms with E-state index < -0.39 is 29.8 Å². The van der Waals surface area contributed by atoms with Gasteiger partial charge >= 0.3 is 5.97 Å². The molecule has 0 spiro atoms. The van der Waals surface area contributed by atoms with Crippen LogP contribution in [0.1, 0.15) is 32.7 Å². The number of thioether (sulfide) groups is 1. The van der Waals surface area contributed by atoms with Crippen molar-refractivity contribution < 1.29 is 29.3 Å². The van der Waals surface area contributed by atoms with E-state index in [1.165, 1.54) is 0 Å². The zero-order chi connectivity index (χ0) is 25.8. The molecule has 0 bridgehead atoms. The number of carbonyl (C=O) groups excluding carboxylic acids is 2. The number of hydrogen-bond donors (Lipinski definition) is 2. The highest BCUT2D eigenvalue weighted by molar-refractivity contribution is 9.10. The molecule has 3 atom stereocenters. The Hall–Kier alpha value is -2.49. The Morgan fingerprint density at radius 3 is 2.08 bits per heavy atom. The first kappa shape index (κ1) is 28.1. The summed E-state index contributed by atoms with van der Waals surface area (Å²) in [6, 6.07) is 25.2. The molecule has 3 aromatic carbocycles. The molecule has 0 heterocycles. The molecular weight excluding hydrogens is 544 g/mol. The first-order chi connectivity index (χ1) is 17.5. The first-order valence-corrected chi connectivity index (χ1v) is 13.2. The van der Waals surface area contributed by atoms with Crippen LogP contribution in [0.2, 0.25) is 0 Å². The lowest BCUT2D eigenvalue weighted by molar-refractivity contribution is 0.0238. The van der Waals surface area contributed by atoms with Gasteiger partial charge in [-0.3, -0.25) is 4.79 Å². The van der Waals surface area contributed by atoms with Crippen molar-refractivity contribution in [2.45, 2.75) is 24.4 Å². The average molecular weight is 574 g/mol. The molecule has 3 aromatic rings. The second-order valence-corrected chi connectivity index (χ2v) is 10.4. The number of esters is 1. The average Bonchev–Trinajstić information content (AvgIpc) is 2.92. The van der Waals surface area contributed by atoms with E-state index in [0.29, 0.717) is 17.7 Å². The predicted octanol–water partition coefficient (Wildman–Crippen LogP) is 5.12. The van der Waals surface area contributed by atoms with E-state index in [-0.39, 0.29) is 24.7 Å². The van der Waals surface area contributed by atoms with Crippen LogP contribution in [0, 0.1) is 5.92 Å². The van der Waals surface area contributed by atoms with Crippen LogP contribution in [0.3, 0.4) is 0 Å². The molecule has 6 nitrogen and oxygen atoms in total. The monoisotopic (exact) mass is 572 g/mol. The molecule has 0 aliphatic carbocycles. The third-order valence-corrected chi connectivity index (χ3v) is 7.28. The Balaban J connectivity index is 1.74. The Labute approximate surface area is 223 Å². The largest absolute Gasteiger partial charge is 0.462 e.